The molecule has 0 spiro atoms. The summed E-state index contributed by atoms with van der Waals surface area (Å²) < 4.78 is 22.8. The van der Waals surface area contributed by atoms with Gasteiger partial charge in [-0.3, -0.25) is 9.59 Å². The summed E-state index contributed by atoms with van der Waals surface area (Å²) in [4.78, 5) is 24.1. The third kappa shape index (κ3) is 5.98. The van der Waals surface area contributed by atoms with E-state index in [0.717, 1.165) is 16.7 Å². The molecule has 6 nitrogen and oxygen atoms in total. The van der Waals surface area contributed by atoms with Gasteiger partial charge < -0.3 is 10.6 Å². The predicted octanol–water partition coefficient (Wildman–Crippen LogP) is 1.45. The molecule has 142 valence electrons. The summed E-state index contributed by atoms with van der Waals surface area (Å²) in [5.74, 6) is -0.501. The van der Waals surface area contributed by atoms with Gasteiger partial charge in [-0.1, -0.05) is 43.7 Å². The highest BCUT2D eigenvalue weighted by molar-refractivity contribution is 7.91. The molecule has 0 aromatic heterocycles. The lowest BCUT2D eigenvalue weighted by atomic mass is 9.94. The highest BCUT2D eigenvalue weighted by Crippen LogP contribution is 2.23. The SMILES string of the molecule is Cc1ccc(/C(=C/C(=O)NCC(=O)NC2CCS(=O)(=O)C2)C(C)C)cc1. The second kappa shape index (κ2) is 8.49. The van der Waals surface area contributed by atoms with Crippen molar-refractivity contribution in [1.29, 1.82) is 0 Å². The maximum atomic E-state index is 12.2. The Hall–Kier alpha value is -2.15. The lowest BCUT2D eigenvalue weighted by molar-refractivity contribution is -0.124. The summed E-state index contributed by atoms with van der Waals surface area (Å²) in [5, 5.41) is 5.22. The third-order valence-corrected chi connectivity index (χ3v) is 6.08. The van der Waals surface area contributed by atoms with Crippen LogP contribution in [0.2, 0.25) is 0 Å². The average Bonchev–Trinajstić information content (AvgIpc) is 2.90. The first-order valence-corrected chi connectivity index (χ1v) is 10.5. The van der Waals surface area contributed by atoms with Crippen LogP contribution in [-0.2, 0) is 19.4 Å². The molecule has 7 heteroatoms. The minimum Gasteiger partial charge on any atom is -0.351 e. The van der Waals surface area contributed by atoms with Crippen molar-refractivity contribution in [2.75, 3.05) is 18.1 Å². The summed E-state index contributed by atoms with van der Waals surface area (Å²) in [6.45, 7) is 5.84. The summed E-state index contributed by atoms with van der Waals surface area (Å²) in [6.07, 6.45) is 1.94. The standard InChI is InChI=1S/C19H26N2O4S/c1-13(2)17(15-6-4-14(3)5-7-15)10-18(22)20-11-19(23)21-16-8-9-26(24,25)12-16/h4-7,10,13,16H,8-9,11-12H2,1-3H3,(H,20,22)(H,21,23)/b17-10+. The number of benzene rings is 1. The van der Waals surface area contributed by atoms with Gasteiger partial charge in [0.1, 0.15) is 0 Å². The normalized spacial score (nSPS) is 19.4. The van der Waals surface area contributed by atoms with E-state index in [-0.39, 0.29) is 41.8 Å². The van der Waals surface area contributed by atoms with Crippen molar-refractivity contribution in [2.45, 2.75) is 33.2 Å². The average molecular weight is 378 g/mol. The van der Waals surface area contributed by atoms with Gasteiger partial charge in [-0.05, 0) is 30.4 Å². The van der Waals surface area contributed by atoms with E-state index in [0.29, 0.717) is 6.42 Å². The Balaban J connectivity index is 1.92. The summed E-state index contributed by atoms with van der Waals surface area (Å²) >= 11 is 0. The molecular formula is C19H26N2O4S. The highest BCUT2D eigenvalue weighted by atomic mass is 32.2. The van der Waals surface area contributed by atoms with E-state index in [4.69, 9.17) is 0 Å². The van der Waals surface area contributed by atoms with Crippen LogP contribution >= 0.6 is 0 Å². The second-order valence-corrected chi connectivity index (χ2v) is 9.23. The molecule has 2 rings (SSSR count). The molecule has 1 heterocycles. The van der Waals surface area contributed by atoms with E-state index in [1.807, 2.05) is 45.0 Å². The zero-order valence-corrected chi connectivity index (χ0v) is 16.2. The van der Waals surface area contributed by atoms with Crippen molar-refractivity contribution in [3.05, 3.63) is 41.5 Å². The molecule has 1 fully saturated rings. The Morgan fingerprint density at radius 1 is 1.23 bits per heavy atom. The largest absolute Gasteiger partial charge is 0.351 e. The molecule has 0 bridgehead atoms. The zero-order valence-electron chi connectivity index (χ0n) is 15.4. The minimum absolute atomic E-state index is 0.0302. The molecule has 0 saturated carbocycles. The Kier molecular flexibility index (Phi) is 6.58. The Bertz CT molecular complexity index is 795. The van der Waals surface area contributed by atoms with Crippen LogP contribution in [0.15, 0.2) is 30.3 Å². The molecule has 1 aromatic carbocycles. The van der Waals surface area contributed by atoms with Crippen LogP contribution in [0.5, 0.6) is 0 Å². The monoisotopic (exact) mass is 378 g/mol. The van der Waals surface area contributed by atoms with Crippen LogP contribution < -0.4 is 10.6 Å². The molecule has 2 amide bonds. The lowest BCUT2D eigenvalue weighted by Gasteiger charge is -2.13. The molecule has 1 saturated heterocycles. The van der Waals surface area contributed by atoms with E-state index < -0.39 is 9.84 Å². The topological polar surface area (TPSA) is 92.3 Å². The maximum Gasteiger partial charge on any atom is 0.244 e. The van der Waals surface area contributed by atoms with Gasteiger partial charge in [0.05, 0.1) is 18.1 Å². The van der Waals surface area contributed by atoms with Crippen LogP contribution in [0, 0.1) is 12.8 Å². The highest BCUT2D eigenvalue weighted by Gasteiger charge is 2.28. The first-order valence-electron chi connectivity index (χ1n) is 8.72. The van der Waals surface area contributed by atoms with Crippen LogP contribution in [0.3, 0.4) is 0 Å². The van der Waals surface area contributed by atoms with Crippen molar-refractivity contribution >= 4 is 27.2 Å². The maximum absolute atomic E-state index is 12.2. The van der Waals surface area contributed by atoms with E-state index in [2.05, 4.69) is 10.6 Å². The van der Waals surface area contributed by atoms with Crippen LogP contribution in [0.25, 0.3) is 5.57 Å². The lowest BCUT2D eigenvalue weighted by Crippen LogP contribution is -2.42. The number of allylic oxidation sites excluding steroid dienone is 1. The van der Waals surface area contributed by atoms with E-state index in [1.54, 1.807) is 0 Å². The zero-order chi connectivity index (χ0) is 19.3. The number of nitrogens with one attached hydrogen (secondary N) is 2. The van der Waals surface area contributed by atoms with Crippen LogP contribution in [-0.4, -0.2) is 44.3 Å². The van der Waals surface area contributed by atoms with Crippen molar-refractivity contribution in [3.63, 3.8) is 0 Å². The van der Waals surface area contributed by atoms with Crippen LogP contribution in [0.4, 0.5) is 0 Å². The van der Waals surface area contributed by atoms with Gasteiger partial charge in [0, 0.05) is 12.1 Å². The molecule has 2 N–H and O–H groups in total. The molecule has 1 aliphatic heterocycles. The quantitative estimate of drug-likeness (QED) is 0.733. The molecule has 26 heavy (non-hydrogen) atoms. The molecule has 1 aliphatic rings. The number of carbonyl (C=O) groups excluding carboxylic acids is 2. The number of rotatable bonds is 6. The number of aryl methyl sites for hydroxylation is 1. The third-order valence-electron chi connectivity index (χ3n) is 4.31. The van der Waals surface area contributed by atoms with Crippen molar-refractivity contribution in [3.8, 4) is 0 Å². The summed E-state index contributed by atoms with van der Waals surface area (Å²) in [7, 11) is -3.04. The van der Waals surface area contributed by atoms with E-state index in [9.17, 15) is 18.0 Å². The smallest absolute Gasteiger partial charge is 0.244 e. The number of sulfone groups is 1. The fourth-order valence-electron chi connectivity index (χ4n) is 2.88. The van der Waals surface area contributed by atoms with Gasteiger partial charge in [-0.25, -0.2) is 8.42 Å². The second-order valence-electron chi connectivity index (χ2n) is 7.01. The van der Waals surface area contributed by atoms with E-state index in [1.165, 1.54) is 6.08 Å². The molecular weight excluding hydrogens is 352 g/mol. The number of hydrogen-bond acceptors (Lipinski definition) is 4. The minimum atomic E-state index is -3.04. The summed E-state index contributed by atoms with van der Waals surface area (Å²) in [5.41, 5.74) is 3.01. The van der Waals surface area contributed by atoms with Gasteiger partial charge in [0.25, 0.3) is 0 Å². The Labute approximate surface area is 155 Å². The Morgan fingerprint density at radius 2 is 1.88 bits per heavy atom. The van der Waals surface area contributed by atoms with Crippen LogP contribution in [0.1, 0.15) is 31.4 Å². The fraction of sp³-hybridized carbons (Fsp3) is 0.474. The van der Waals surface area contributed by atoms with Gasteiger partial charge in [-0.15, -0.1) is 0 Å². The molecule has 0 radical (unpaired) electrons. The van der Waals surface area contributed by atoms with Crippen molar-refractivity contribution < 1.29 is 18.0 Å². The number of amides is 2. The number of hydrogen-bond donors (Lipinski definition) is 2. The van der Waals surface area contributed by atoms with Gasteiger partial charge in [0.15, 0.2) is 9.84 Å². The fourth-order valence-corrected chi connectivity index (χ4v) is 4.55. The van der Waals surface area contributed by atoms with Gasteiger partial charge in [-0.2, -0.15) is 0 Å². The molecule has 1 atom stereocenters. The van der Waals surface area contributed by atoms with Crippen molar-refractivity contribution in [2.24, 2.45) is 5.92 Å². The van der Waals surface area contributed by atoms with Gasteiger partial charge in [0.2, 0.25) is 11.8 Å². The molecule has 1 unspecified atom stereocenters. The number of carbonyl (C=O) groups is 2. The predicted molar refractivity (Wildman–Crippen MR) is 102 cm³/mol. The van der Waals surface area contributed by atoms with E-state index >= 15 is 0 Å². The molecule has 0 aliphatic carbocycles. The molecule has 1 aromatic rings. The van der Waals surface area contributed by atoms with Gasteiger partial charge >= 0.3 is 0 Å². The summed E-state index contributed by atoms with van der Waals surface area (Å²) in [6, 6.07) is 7.57. The first kappa shape index (κ1) is 20.2. The Morgan fingerprint density at radius 3 is 2.42 bits per heavy atom. The van der Waals surface area contributed by atoms with Crippen molar-refractivity contribution in [1.82, 2.24) is 10.6 Å². The first-order chi connectivity index (χ1) is 12.2.